The first-order valence-electron chi connectivity index (χ1n) is 10.3. The van der Waals surface area contributed by atoms with Crippen molar-refractivity contribution < 1.29 is 19.1 Å². The van der Waals surface area contributed by atoms with Gasteiger partial charge in [0.2, 0.25) is 11.6 Å². The topological polar surface area (TPSA) is 70.8 Å². The van der Waals surface area contributed by atoms with Gasteiger partial charge in [0.15, 0.2) is 5.76 Å². The van der Waals surface area contributed by atoms with Crippen molar-refractivity contribution in [2.24, 2.45) is 0 Å². The van der Waals surface area contributed by atoms with Gasteiger partial charge in [0.25, 0.3) is 0 Å². The Morgan fingerprint density at radius 3 is 2.34 bits per heavy atom. The number of hydrogen-bond donors (Lipinski definition) is 1. The second kappa shape index (κ2) is 7.74. The van der Waals surface area contributed by atoms with Crippen LogP contribution in [0.2, 0.25) is 0 Å². The molecule has 5 nitrogen and oxygen atoms in total. The van der Waals surface area contributed by atoms with Gasteiger partial charge in [-0.15, -0.1) is 0 Å². The molecule has 1 N–H and O–H groups in total. The SMILES string of the molecule is CCCCN(CCCC)c1ccc2c3c(oc2c1)C(=O)c1cccc(O)c1C3=O. The van der Waals surface area contributed by atoms with Crippen LogP contribution in [0.4, 0.5) is 5.69 Å². The summed E-state index contributed by atoms with van der Waals surface area (Å²) in [6.45, 7) is 6.26. The fourth-order valence-corrected chi connectivity index (χ4v) is 3.95. The molecule has 0 saturated heterocycles. The molecule has 0 bridgehead atoms. The first-order chi connectivity index (χ1) is 14.1. The van der Waals surface area contributed by atoms with E-state index in [1.807, 2.05) is 18.2 Å². The zero-order valence-electron chi connectivity index (χ0n) is 16.8. The fraction of sp³-hybridized carbons (Fsp3) is 0.333. The van der Waals surface area contributed by atoms with Gasteiger partial charge >= 0.3 is 0 Å². The Balaban J connectivity index is 1.79. The summed E-state index contributed by atoms with van der Waals surface area (Å²) in [7, 11) is 0. The lowest BCUT2D eigenvalue weighted by Crippen LogP contribution is -2.25. The van der Waals surface area contributed by atoms with Crippen LogP contribution in [0, 0.1) is 0 Å². The summed E-state index contributed by atoms with van der Waals surface area (Å²) in [5.74, 6) is -0.846. The summed E-state index contributed by atoms with van der Waals surface area (Å²) in [6.07, 6.45) is 4.43. The van der Waals surface area contributed by atoms with Gasteiger partial charge in [0.1, 0.15) is 11.3 Å². The van der Waals surface area contributed by atoms with Gasteiger partial charge in [0.05, 0.1) is 11.1 Å². The number of rotatable bonds is 7. The zero-order chi connectivity index (χ0) is 20.5. The minimum atomic E-state index is -0.368. The summed E-state index contributed by atoms with van der Waals surface area (Å²) in [6, 6.07) is 10.3. The van der Waals surface area contributed by atoms with Gasteiger partial charge < -0.3 is 14.4 Å². The highest BCUT2D eigenvalue weighted by Crippen LogP contribution is 2.39. The molecule has 0 saturated carbocycles. The number of hydrogen-bond acceptors (Lipinski definition) is 5. The number of anilines is 1. The van der Waals surface area contributed by atoms with Gasteiger partial charge in [-0.3, -0.25) is 9.59 Å². The highest BCUT2D eigenvalue weighted by atomic mass is 16.3. The molecule has 0 radical (unpaired) electrons. The Labute approximate surface area is 169 Å². The van der Waals surface area contributed by atoms with E-state index in [1.54, 1.807) is 12.1 Å². The average Bonchev–Trinajstić information content (AvgIpc) is 3.11. The number of carbonyl (C=O) groups is 2. The minimum Gasteiger partial charge on any atom is -0.507 e. The molecule has 3 aromatic rings. The Bertz CT molecular complexity index is 1090. The predicted octanol–water partition coefficient (Wildman–Crippen LogP) is 5.32. The van der Waals surface area contributed by atoms with Crippen LogP contribution < -0.4 is 4.90 Å². The molecule has 1 aliphatic carbocycles. The smallest absolute Gasteiger partial charge is 0.229 e. The van der Waals surface area contributed by atoms with Crippen molar-refractivity contribution in [2.45, 2.75) is 39.5 Å². The van der Waals surface area contributed by atoms with E-state index in [2.05, 4.69) is 18.7 Å². The van der Waals surface area contributed by atoms with Crippen molar-refractivity contribution in [3.63, 3.8) is 0 Å². The Morgan fingerprint density at radius 1 is 0.931 bits per heavy atom. The van der Waals surface area contributed by atoms with Crippen molar-refractivity contribution in [3.8, 4) is 5.75 Å². The summed E-state index contributed by atoms with van der Waals surface area (Å²) in [4.78, 5) is 28.3. The molecule has 2 aromatic carbocycles. The van der Waals surface area contributed by atoms with Gasteiger partial charge in [-0.25, -0.2) is 0 Å². The van der Waals surface area contributed by atoms with Gasteiger partial charge in [-0.2, -0.15) is 0 Å². The second-order valence-electron chi connectivity index (χ2n) is 7.54. The summed E-state index contributed by atoms with van der Waals surface area (Å²) >= 11 is 0. The third-order valence-electron chi connectivity index (χ3n) is 5.55. The Hall–Kier alpha value is -3.08. The third-order valence-corrected chi connectivity index (χ3v) is 5.55. The van der Waals surface area contributed by atoms with Crippen LogP contribution in [0.3, 0.4) is 0 Å². The van der Waals surface area contributed by atoms with Crippen molar-refractivity contribution in [1.82, 2.24) is 0 Å². The van der Waals surface area contributed by atoms with E-state index in [4.69, 9.17) is 4.42 Å². The average molecular weight is 391 g/mol. The number of phenolic OH excluding ortho intramolecular Hbond substituents is 1. The lowest BCUT2D eigenvalue weighted by atomic mass is 9.86. The molecule has 1 heterocycles. The fourth-order valence-electron chi connectivity index (χ4n) is 3.95. The third kappa shape index (κ3) is 3.20. The van der Waals surface area contributed by atoms with E-state index in [9.17, 15) is 14.7 Å². The normalized spacial score (nSPS) is 12.9. The minimum absolute atomic E-state index is 0.0595. The summed E-state index contributed by atoms with van der Waals surface area (Å²) in [5, 5.41) is 10.8. The quantitative estimate of drug-likeness (QED) is 0.462. The van der Waals surface area contributed by atoms with E-state index >= 15 is 0 Å². The highest BCUT2D eigenvalue weighted by molar-refractivity contribution is 6.32. The maximum Gasteiger partial charge on any atom is 0.229 e. The highest BCUT2D eigenvalue weighted by Gasteiger charge is 2.36. The molecule has 0 aliphatic heterocycles. The molecule has 0 unspecified atom stereocenters. The molecule has 0 spiro atoms. The lowest BCUT2D eigenvalue weighted by Gasteiger charge is -2.24. The maximum absolute atomic E-state index is 13.1. The molecule has 4 rings (SSSR count). The van der Waals surface area contributed by atoms with Crippen LogP contribution in [0.1, 0.15) is 71.6 Å². The van der Waals surface area contributed by atoms with Gasteiger partial charge in [-0.1, -0.05) is 32.8 Å². The van der Waals surface area contributed by atoms with Gasteiger partial charge in [0, 0.05) is 35.8 Å². The van der Waals surface area contributed by atoms with Crippen molar-refractivity contribution in [3.05, 3.63) is 58.8 Å². The molecule has 29 heavy (non-hydrogen) atoms. The maximum atomic E-state index is 13.1. The molecular weight excluding hydrogens is 366 g/mol. The van der Waals surface area contributed by atoms with Gasteiger partial charge in [-0.05, 0) is 37.1 Å². The summed E-state index contributed by atoms with van der Waals surface area (Å²) < 4.78 is 5.89. The Kier molecular flexibility index (Phi) is 5.14. The molecule has 0 fully saturated rings. The monoisotopic (exact) mass is 391 g/mol. The van der Waals surface area contributed by atoms with Crippen LogP contribution in [-0.2, 0) is 0 Å². The number of ketones is 2. The van der Waals surface area contributed by atoms with E-state index in [-0.39, 0.29) is 39.8 Å². The lowest BCUT2D eigenvalue weighted by molar-refractivity contribution is 0.0960. The van der Waals surface area contributed by atoms with Crippen LogP contribution in [-0.4, -0.2) is 29.8 Å². The number of furan rings is 1. The summed E-state index contributed by atoms with van der Waals surface area (Å²) in [5.41, 5.74) is 2.06. The van der Waals surface area contributed by atoms with E-state index in [0.717, 1.165) is 44.5 Å². The number of nitrogens with zero attached hydrogens (tertiary/aromatic N) is 1. The van der Waals surface area contributed by atoms with E-state index in [1.165, 1.54) is 6.07 Å². The predicted molar refractivity (Wildman–Crippen MR) is 113 cm³/mol. The molecule has 0 atom stereocenters. The molecule has 0 amide bonds. The van der Waals surface area contributed by atoms with Crippen molar-refractivity contribution in [2.75, 3.05) is 18.0 Å². The largest absolute Gasteiger partial charge is 0.507 e. The van der Waals surface area contributed by atoms with Crippen molar-refractivity contribution in [1.29, 1.82) is 0 Å². The number of fused-ring (bicyclic) bond motifs is 4. The van der Waals surface area contributed by atoms with E-state index < -0.39 is 0 Å². The van der Waals surface area contributed by atoms with Crippen LogP contribution in [0.15, 0.2) is 40.8 Å². The second-order valence-corrected chi connectivity index (χ2v) is 7.54. The number of carbonyl (C=O) groups excluding carboxylic acids is 2. The molecule has 1 aliphatic rings. The standard InChI is InChI=1S/C24H25NO4/c1-3-5-12-25(13-6-4-2)15-10-11-16-19(14-15)29-24-21(16)23(28)20-17(22(24)27)8-7-9-18(20)26/h7-11,14,26H,3-6,12-13H2,1-2H3. The molecule has 150 valence electrons. The van der Waals surface area contributed by atoms with Crippen LogP contribution in [0.5, 0.6) is 5.75 Å². The van der Waals surface area contributed by atoms with E-state index in [0.29, 0.717) is 11.0 Å². The van der Waals surface area contributed by atoms with Crippen LogP contribution >= 0.6 is 0 Å². The van der Waals surface area contributed by atoms with Crippen LogP contribution in [0.25, 0.3) is 11.0 Å². The first-order valence-corrected chi connectivity index (χ1v) is 10.3. The number of unbranched alkanes of at least 4 members (excludes halogenated alkanes) is 2. The number of benzene rings is 2. The number of phenols is 1. The first kappa shape index (κ1) is 19.2. The molecule has 1 aromatic heterocycles. The molecule has 5 heteroatoms. The Morgan fingerprint density at radius 2 is 1.66 bits per heavy atom. The zero-order valence-corrected chi connectivity index (χ0v) is 16.8. The number of aromatic hydroxyl groups is 1. The van der Waals surface area contributed by atoms with Crippen molar-refractivity contribution >= 4 is 28.2 Å². The molecular formula is C24H25NO4.